The summed E-state index contributed by atoms with van der Waals surface area (Å²) in [5, 5.41) is 12.7. The van der Waals surface area contributed by atoms with Crippen molar-refractivity contribution in [2.24, 2.45) is 0 Å². The number of benzene rings is 2. The highest BCUT2D eigenvalue weighted by molar-refractivity contribution is 8.00. The zero-order chi connectivity index (χ0) is 19.3. The summed E-state index contributed by atoms with van der Waals surface area (Å²) in [4.78, 5) is 18.3. The largest absolute Gasteiger partial charge is 0.447 e. The van der Waals surface area contributed by atoms with Gasteiger partial charge in [0, 0.05) is 23.0 Å². The number of cyclic esters (lactones) is 1. The number of carbonyl (C=O) groups is 1. The maximum absolute atomic E-state index is 12.4. The molecule has 144 valence electrons. The number of hydrogen-bond acceptors (Lipinski definition) is 6. The summed E-state index contributed by atoms with van der Waals surface area (Å²) < 4.78 is 6.34. The molecule has 4 rings (SSSR count). The average molecular weight is 413 g/mol. The smallest absolute Gasteiger partial charge is 0.414 e. The van der Waals surface area contributed by atoms with Crippen LogP contribution < -0.4 is 4.90 Å². The third kappa shape index (κ3) is 4.22. The molecule has 0 aliphatic carbocycles. The van der Waals surface area contributed by atoms with Crippen molar-refractivity contribution in [3.63, 3.8) is 0 Å². The monoisotopic (exact) mass is 412 g/mol. The molecule has 1 amide bonds. The van der Waals surface area contributed by atoms with Crippen LogP contribution in [0.3, 0.4) is 0 Å². The summed E-state index contributed by atoms with van der Waals surface area (Å²) in [5.74, 6) is 0.859. The Hall–Kier alpha value is -2.35. The fourth-order valence-corrected chi connectivity index (χ4v) is 4.97. The van der Waals surface area contributed by atoms with Gasteiger partial charge in [0.2, 0.25) is 0 Å². The third-order valence-corrected chi connectivity index (χ3v) is 6.63. The molecule has 1 aliphatic heterocycles. The van der Waals surface area contributed by atoms with Crippen molar-refractivity contribution in [2.45, 2.75) is 22.9 Å². The summed E-state index contributed by atoms with van der Waals surface area (Å²) in [5.41, 5.74) is 2.32. The van der Waals surface area contributed by atoms with Crippen LogP contribution in [0.1, 0.15) is 23.7 Å². The van der Waals surface area contributed by atoms with Gasteiger partial charge in [-0.25, -0.2) is 9.78 Å². The summed E-state index contributed by atoms with van der Waals surface area (Å²) in [6.07, 6.45) is 1.53. The molecule has 0 bridgehead atoms. The standard InChI is InChI=1S/C21H20N2O3S2/c24-19(15-5-2-1-3-6-15)16-7-4-8-17(13-16)23-18(14-26-21(23)25)9-11-27-20-22-10-12-28-20/h1-8,10,12-13,18-19,24H,9,11,14H2/t18-,19?/m0/s1. The van der Waals surface area contributed by atoms with Gasteiger partial charge in [0.15, 0.2) is 0 Å². The van der Waals surface area contributed by atoms with Crippen molar-refractivity contribution >= 4 is 34.9 Å². The third-order valence-electron chi connectivity index (χ3n) is 4.63. The van der Waals surface area contributed by atoms with E-state index in [1.165, 1.54) is 0 Å². The number of carbonyl (C=O) groups excluding carboxylic acids is 1. The Balaban J connectivity index is 1.49. The van der Waals surface area contributed by atoms with Gasteiger partial charge in [0.05, 0.1) is 6.04 Å². The zero-order valence-electron chi connectivity index (χ0n) is 15.1. The highest BCUT2D eigenvalue weighted by Crippen LogP contribution is 2.31. The molecule has 0 spiro atoms. The molecular weight excluding hydrogens is 392 g/mol. The van der Waals surface area contributed by atoms with Crippen molar-refractivity contribution in [3.8, 4) is 0 Å². The van der Waals surface area contributed by atoms with Crippen LogP contribution in [0.4, 0.5) is 10.5 Å². The Morgan fingerprint density at radius 2 is 2.04 bits per heavy atom. The van der Waals surface area contributed by atoms with Crippen LogP contribution >= 0.6 is 23.1 Å². The number of thiazole rings is 1. The molecule has 5 nitrogen and oxygen atoms in total. The van der Waals surface area contributed by atoms with Gasteiger partial charge in [0.25, 0.3) is 0 Å². The van der Waals surface area contributed by atoms with Gasteiger partial charge >= 0.3 is 6.09 Å². The Morgan fingerprint density at radius 1 is 1.21 bits per heavy atom. The molecular formula is C21H20N2O3S2. The highest BCUT2D eigenvalue weighted by atomic mass is 32.2. The van der Waals surface area contributed by atoms with Crippen molar-refractivity contribution in [3.05, 3.63) is 77.3 Å². The zero-order valence-corrected chi connectivity index (χ0v) is 16.7. The number of amides is 1. The number of ether oxygens (including phenoxy) is 1. The minimum Gasteiger partial charge on any atom is -0.447 e. The normalized spacial score (nSPS) is 17.5. The van der Waals surface area contributed by atoms with E-state index in [2.05, 4.69) is 4.98 Å². The van der Waals surface area contributed by atoms with Gasteiger partial charge in [-0.3, -0.25) is 4.90 Å². The number of nitrogens with zero attached hydrogens (tertiary/aromatic N) is 2. The topological polar surface area (TPSA) is 62.7 Å². The van der Waals surface area contributed by atoms with Crippen LogP contribution in [0.5, 0.6) is 0 Å². The number of hydrogen-bond donors (Lipinski definition) is 1. The lowest BCUT2D eigenvalue weighted by atomic mass is 10.0. The van der Waals surface area contributed by atoms with Crippen molar-refractivity contribution in [1.29, 1.82) is 0 Å². The molecule has 2 aromatic carbocycles. The number of anilines is 1. The summed E-state index contributed by atoms with van der Waals surface area (Å²) in [6.45, 7) is 0.378. The van der Waals surface area contributed by atoms with Crippen LogP contribution in [-0.4, -0.2) is 34.6 Å². The molecule has 2 heterocycles. The summed E-state index contributed by atoms with van der Waals surface area (Å²) in [7, 11) is 0. The van der Waals surface area contributed by atoms with E-state index in [1.807, 2.05) is 60.0 Å². The molecule has 1 aliphatic rings. The predicted octanol–water partition coefficient (Wildman–Crippen LogP) is 4.73. The second-order valence-electron chi connectivity index (χ2n) is 6.44. The molecule has 1 fully saturated rings. The van der Waals surface area contributed by atoms with Gasteiger partial charge in [-0.05, 0) is 29.7 Å². The molecule has 2 atom stereocenters. The molecule has 7 heteroatoms. The maximum atomic E-state index is 12.4. The second kappa shape index (κ2) is 8.77. The molecule has 1 unspecified atom stereocenters. The Morgan fingerprint density at radius 3 is 2.82 bits per heavy atom. The van der Waals surface area contributed by atoms with E-state index in [-0.39, 0.29) is 12.1 Å². The number of aliphatic hydroxyl groups is 1. The Kier molecular flexibility index (Phi) is 5.95. The molecule has 0 radical (unpaired) electrons. The number of aromatic nitrogens is 1. The molecule has 28 heavy (non-hydrogen) atoms. The van der Waals surface area contributed by atoms with Gasteiger partial charge in [0.1, 0.15) is 17.1 Å². The number of thioether (sulfide) groups is 1. The molecule has 1 aromatic heterocycles. The minimum absolute atomic E-state index is 0.0240. The first-order valence-electron chi connectivity index (χ1n) is 9.03. The molecule has 1 N–H and O–H groups in total. The van der Waals surface area contributed by atoms with E-state index >= 15 is 0 Å². The van der Waals surface area contributed by atoms with Crippen LogP contribution in [0.25, 0.3) is 0 Å². The number of rotatable bonds is 7. The van der Waals surface area contributed by atoms with Crippen LogP contribution in [0.2, 0.25) is 0 Å². The van der Waals surface area contributed by atoms with Gasteiger partial charge in [-0.15, -0.1) is 11.3 Å². The van der Waals surface area contributed by atoms with E-state index in [0.717, 1.165) is 33.3 Å². The summed E-state index contributed by atoms with van der Waals surface area (Å²) >= 11 is 3.31. The fraction of sp³-hybridized carbons (Fsp3) is 0.238. The highest BCUT2D eigenvalue weighted by Gasteiger charge is 2.34. The van der Waals surface area contributed by atoms with Crippen molar-refractivity contribution in [1.82, 2.24) is 4.98 Å². The van der Waals surface area contributed by atoms with Gasteiger partial charge < -0.3 is 9.84 Å². The quantitative estimate of drug-likeness (QED) is 0.568. The van der Waals surface area contributed by atoms with Crippen molar-refractivity contribution < 1.29 is 14.6 Å². The Bertz CT molecular complexity index is 918. The first kappa shape index (κ1) is 19.0. The molecule has 1 saturated heterocycles. The van der Waals surface area contributed by atoms with Gasteiger partial charge in [-0.2, -0.15) is 0 Å². The van der Waals surface area contributed by atoms with E-state index in [4.69, 9.17) is 4.74 Å². The lowest BCUT2D eigenvalue weighted by Gasteiger charge is -2.22. The predicted molar refractivity (Wildman–Crippen MR) is 112 cm³/mol. The minimum atomic E-state index is -0.737. The van der Waals surface area contributed by atoms with E-state index in [1.54, 1.807) is 34.2 Å². The first-order chi connectivity index (χ1) is 13.7. The molecule has 0 saturated carbocycles. The summed E-state index contributed by atoms with van der Waals surface area (Å²) in [6, 6.07) is 17.0. The average Bonchev–Trinajstić information content (AvgIpc) is 3.38. The van der Waals surface area contributed by atoms with Crippen LogP contribution in [-0.2, 0) is 4.74 Å². The SMILES string of the molecule is O=C1OC[C@H](CCSc2nccs2)N1c1cccc(C(O)c2ccccc2)c1. The lowest BCUT2D eigenvalue weighted by Crippen LogP contribution is -2.33. The first-order valence-corrected chi connectivity index (χ1v) is 10.9. The van der Waals surface area contributed by atoms with Gasteiger partial charge in [-0.1, -0.05) is 54.2 Å². The second-order valence-corrected chi connectivity index (χ2v) is 8.68. The van der Waals surface area contributed by atoms with Crippen LogP contribution in [0, 0.1) is 0 Å². The van der Waals surface area contributed by atoms with Crippen LogP contribution in [0.15, 0.2) is 70.5 Å². The maximum Gasteiger partial charge on any atom is 0.414 e. The van der Waals surface area contributed by atoms with E-state index in [0.29, 0.717) is 6.61 Å². The van der Waals surface area contributed by atoms with E-state index < -0.39 is 6.10 Å². The Labute approximate surface area is 172 Å². The molecule has 3 aromatic rings. The van der Waals surface area contributed by atoms with Crippen molar-refractivity contribution in [2.75, 3.05) is 17.3 Å². The fourth-order valence-electron chi connectivity index (χ4n) is 3.23. The van der Waals surface area contributed by atoms with E-state index in [9.17, 15) is 9.90 Å². The number of aliphatic hydroxyl groups excluding tert-OH is 1. The lowest BCUT2D eigenvalue weighted by molar-refractivity contribution is 0.178.